The molecule has 6 aromatic rings. The lowest BCUT2D eigenvalue weighted by molar-refractivity contribution is 0.145. The Morgan fingerprint density at radius 2 is 1.33 bits per heavy atom. The summed E-state index contributed by atoms with van der Waals surface area (Å²) in [6.07, 6.45) is 3.11. The highest BCUT2D eigenvalue weighted by Gasteiger charge is 2.41. The second kappa shape index (κ2) is 11.4. The number of benzene rings is 4. The molecule has 6 nitrogen and oxygen atoms in total. The van der Waals surface area contributed by atoms with Crippen LogP contribution in [0.5, 0.6) is 5.75 Å². The van der Waals surface area contributed by atoms with E-state index < -0.39 is 5.54 Å². The molecular formula is C37H34N4O2. The Labute approximate surface area is 251 Å². The predicted molar refractivity (Wildman–Crippen MR) is 172 cm³/mol. The number of rotatable bonds is 7. The first-order valence-corrected chi connectivity index (χ1v) is 14.8. The summed E-state index contributed by atoms with van der Waals surface area (Å²) in [4.78, 5) is 6.96. The lowest BCUT2D eigenvalue weighted by Crippen LogP contribution is -2.38. The smallest absolute Gasteiger partial charge is 0.138 e. The van der Waals surface area contributed by atoms with Crippen molar-refractivity contribution in [3.05, 3.63) is 144 Å². The molecule has 6 heteroatoms. The zero-order chi connectivity index (χ0) is 29.2. The summed E-state index contributed by atoms with van der Waals surface area (Å²) >= 11 is 0. The number of anilines is 1. The van der Waals surface area contributed by atoms with Gasteiger partial charge in [-0.05, 0) is 59.9 Å². The largest absolute Gasteiger partial charge is 0.497 e. The number of aliphatic hydroxyl groups excluding tert-OH is 1. The summed E-state index contributed by atoms with van der Waals surface area (Å²) in [5, 5.41) is 16.6. The van der Waals surface area contributed by atoms with Crippen molar-refractivity contribution in [2.75, 3.05) is 25.1 Å². The van der Waals surface area contributed by atoms with Gasteiger partial charge in [-0.2, -0.15) is 5.10 Å². The summed E-state index contributed by atoms with van der Waals surface area (Å²) < 4.78 is 7.90. The van der Waals surface area contributed by atoms with Crippen LogP contribution in [0.3, 0.4) is 0 Å². The van der Waals surface area contributed by atoms with Crippen LogP contribution < -0.4 is 9.64 Å². The molecule has 7 rings (SSSR count). The van der Waals surface area contributed by atoms with E-state index in [2.05, 4.69) is 119 Å². The maximum absolute atomic E-state index is 10.1. The van der Waals surface area contributed by atoms with Gasteiger partial charge in [0.2, 0.25) is 0 Å². The zero-order valence-corrected chi connectivity index (χ0v) is 24.2. The summed E-state index contributed by atoms with van der Waals surface area (Å²) in [5.41, 5.74) is 5.42. The number of aliphatic hydroxyl groups is 1. The zero-order valence-electron chi connectivity index (χ0n) is 24.2. The second-order valence-corrected chi connectivity index (χ2v) is 11.1. The molecule has 0 spiro atoms. The minimum absolute atomic E-state index is 0.242. The van der Waals surface area contributed by atoms with E-state index in [1.165, 1.54) is 0 Å². The van der Waals surface area contributed by atoms with E-state index >= 15 is 0 Å². The number of ether oxygens (including phenoxy) is 1. The molecule has 0 unspecified atom stereocenters. The van der Waals surface area contributed by atoms with Crippen LogP contribution in [-0.4, -0.2) is 46.2 Å². The Morgan fingerprint density at radius 3 is 1.88 bits per heavy atom. The van der Waals surface area contributed by atoms with Crippen LogP contribution >= 0.6 is 0 Å². The van der Waals surface area contributed by atoms with E-state index in [-0.39, 0.29) is 6.10 Å². The van der Waals surface area contributed by atoms with Gasteiger partial charge in [0, 0.05) is 30.2 Å². The van der Waals surface area contributed by atoms with Crippen LogP contribution in [0.4, 0.5) is 5.82 Å². The van der Waals surface area contributed by atoms with E-state index in [4.69, 9.17) is 14.8 Å². The van der Waals surface area contributed by atoms with Crippen LogP contribution in [-0.2, 0) is 5.54 Å². The molecular weight excluding hydrogens is 532 g/mol. The summed E-state index contributed by atoms with van der Waals surface area (Å²) in [6.45, 7) is 1.56. The number of fused-ring (bicyclic) bond motifs is 1. The highest BCUT2D eigenvalue weighted by molar-refractivity contribution is 5.95. The van der Waals surface area contributed by atoms with Crippen LogP contribution in [0.25, 0.3) is 22.2 Å². The Morgan fingerprint density at radius 1 is 0.744 bits per heavy atom. The quantitative estimate of drug-likeness (QED) is 0.213. The molecule has 1 fully saturated rings. The van der Waals surface area contributed by atoms with Gasteiger partial charge < -0.3 is 14.7 Å². The number of piperidine rings is 1. The molecule has 0 amide bonds. The number of hydrogen-bond acceptors (Lipinski definition) is 5. The van der Waals surface area contributed by atoms with Crippen LogP contribution in [0.1, 0.15) is 29.5 Å². The molecule has 2 aromatic heterocycles. The average Bonchev–Trinajstić information content (AvgIpc) is 3.46. The van der Waals surface area contributed by atoms with Gasteiger partial charge in [-0.1, -0.05) is 91.0 Å². The first-order valence-electron chi connectivity index (χ1n) is 14.8. The van der Waals surface area contributed by atoms with Gasteiger partial charge in [-0.25, -0.2) is 9.67 Å². The third-order valence-corrected chi connectivity index (χ3v) is 8.59. The minimum atomic E-state index is -0.756. The first-order chi connectivity index (χ1) is 21.2. The third-order valence-electron chi connectivity index (χ3n) is 8.59. The van der Waals surface area contributed by atoms with Crippen LogP contribution in [0.15, 0.2) is 128 Å². The lowest BCUT2D eigenvalue weighted by Gasteiger charge is -2.37. The molecule has 214 valence electrons. The van der Waals surface area contributed by atoms with E-state index in [9.17, 15) is 5.11 Å². The van der Waals surface area contributed by atoms with Gasteiger partial charge in [-0.3, -0.25) is 0 Å². The van der Waals surface area contributed by atoms with Gasteiger partial charge in [0.15, 0.2) is 0 Å². The van der Waals surface area contributed by atoms with Crippen molar-refractivity contribution in [2.45, 2.75) is 24.5 Å². The van der Waals surface area contributed by atoms with Crippen molar-refractivity contribution >= 4 is 16.7 Å². The molecule has 0 atom stereocenters. The second-order valence-electron chi connectivity index (χ2n) is 11.1. The molecule has 0 aliphatic carbocycles. The van der Waals surface area contributed by atoms with Crippen molar-refractivity contribution in [3.63, 3.8) is 0 Å². The van der Waals surface area contributed by atoms with Crippen molar-refractivity contribution in [1.82, 2.24) is 14.8 Å². The van der Waals surface area contributed by atoms with E-state index in [0.29, 0.717) is 0 Å². The van der Waals surface area contributed by atoms with Gasteiger partial charge in [0.25, 0.3) is 0 Å². The minimum Gasteiger partial charge on any atom is -0.497 e. The highest BCUT2D eigenvalue weighted by Crippen LogP contribution is 2.44. The molecule has 4 aromatic carbocycles. The number of methoxy groups -OCH3 is 1. The molecule has 0 radical (unpaired) electrons. The Balaban J connectivity index is 1.53. The normalized spacial score (nSPS) is 14.2. The van der Waals surface area contributed by atoms with E-state index in [1.54, 1.807) is 7.11 Å². The summed E-state index contributed by atoms with van der Waals surface area (Å²) in [7, 11) is 1.70. The summed E-state index contributed by atoms with van der Waals surface area (Å²) in [6, 6.07) is 42.2. The molecule has 3 heterocycles. The van der Waals surface area contributed by atoms with Gasteiger partial charge in [0.1, 0.15) is 22.8 Å². The number of hydrogen-bond donors (Lipinski definition) is 1. The fourth-order valence-corrected chi connectivity index (χ4v) is 6.43. The summed E-state index contributed by atoms with van der Waals surface area (Å²) in [5.74, 6) is 1.67. The predicted octanol–water partition coefficient (Wildman–Crippen LogP) is 6.91. The molecule has 1 aliphatic heterocycles. The number of aromatic nitrogens is 3. The Hall–Kier alpha value is -4.94. The van der Waals surface area contributed by atoms with Crippen molar-refractivity contribution in [1.29, 1.82) is 0 Å². The Kier molecular flexibility index (Phi) is 7.13. The Bertz CT molecular complexity index is 1730. The third kappa shape index (κ3) is 4.74. The topological polar surface area (TPSA) is 63.4 Å². The van der Waals surface area contributed by atoms with Gasteiger partial charge >= 0.3 is 0 Å². The molecule has 1 saturated heterocycles. The standard InChI is InChI=1S/C37H34N4O2/c1-43-32-17-18-34-33(26-32)36(27-19-22-38-35(25-27)40-23-20-31(42)21-24-40)39-41(34)37(28-11-5-2-6-12-28,29-13-7-3-8-14-29)30-15-9-4-10-16-30/h2-19,22,25-26,31,42H,20-21,23-24H2,1H3. The van der Waals surface area contributed by atoms with Gasteiger partial charge in [-0.15, -0.1) is 0 Å². The van der Waals surface area contributed by atoms with E-state index in [1.807, 2.05) is 18.3 Å². The number of nitrogens with zero attached hydrogens (tertiary/aromatic N) is 4. The SMILES string of the molecule is COc1ccc2c(c1)c(-c1ccnc(N3CCC(O)CC3)c1)nn2C(c1ccccc1)(c1ccccc1)c1ccccc1. The van der Waals surface area contributed by atoms with Crippen LogP contribution in [0, 0.1) is 0 Å². The molecule has 1 N–H and O–H groups in total. The number of pyridine rings is 1. The van der Waals surface area contributed by atoms with Crippen molar-refractivity contribution in [2.24, 2.45) is 0 Å². The van der Waals surface area contributed by atoms with Crippen molar-refractivity contribution < 1.29 is 9.84 Å². The van der Waals surface area contributed by atoms with Crippen molar-refractivity contribution in [3.8, 4) is 17.0 Å². The van der Waals surface area contributed by atoms with Crippen LogP contribution in [0.2, 0.25) is 0 Å². The highest BCUT2D eigenvalue weighted by atomic mass is 16.5. The fraction of sp³-hybridized carbons (Fsp3) is 0.189. The average molecular weight is 567 g/mol. The fourth-order valence-electron chi connectivity index (χ4n) is 6.43. The molecule has 1 aliphatic rings. The lowest BCUT2D eigenvalue weighted by atomic mass is 9.77. The molecule has 43 heavy (non-hydrogen) atoms. The molecule has 0 bridgehead atoms. The van der Waals surface area contributed by atoms with E-state index in [0.717, 1.165) is 76.3 Å². The maximum atomic E-state index is 10.1. The first kappa shape index (κ1) is 26.9. The monoisotopic (exact) mass is 566 g/mol. The maximum Gasteiger partial charge on any atom is 0.138 e. The van der Waals surface area contributed by atoms with Gasteiger partial charge in [0.05, 0.1) is 18.7 Å². The molecule has 0 saturated carbocycles.